The van der Waals surface area contributed by atoms with Gasteiger partial charge < -0.3 is 10.5 Å². The number of nitro groups is 1. The number of halogens is 1. The number of aromatic hydroxyl groups is 1. The number of hydrogen-bond acceptors (Lipinski definition) is 5. The number of hydrazine groups is 1. The number of benzene rings is 2. The molecule has 2 aromatic carbocycles. The van der Waals surface area contributed by atoms with Crippen LogP contribution in [0.4, 0.5) is 5.69 Å². The fraction of sp³-hybridized carbons (Fsp3) is 0.0667. The van der Waals surface area contributed by atoms with Crippen LogP contribution < -0.4 is 10.9 Å². The zero-order valence-corrected chi connectivity index (χ0v) is 12.0. The lowest BCUT2D eigenvalue weighted by Crippen LogP contribution is -2.26. The Bertz CT molecular complexity index is 759. The topological polar surface area (TPSA) is 87.4 Å². The van der Waals surface area contributed by atoms with Crippen LogP contribution in [-0.4, -0.2) is 10.0 Å². The van der Waals surface area contributed by atoms with Crippen LogP contribution in [0.15, 0.2) is 48.5 Å². The first-order chi connectivity index (χ1) is 10.5. The summed E-state index contributed by atoms with van der Waals surface area (Å²) in [5.74, 6) is -0.0251. The van der Waals surface area contributed by atoms with Gasteiger partial charge in [-0.25, -0.2) is 5.43 Å². The molecule has 0 saturated carbocycles. The van der Waals surface area contributed by atoms with Crippen LogP contribution in [0, 0.1) is 10.1 Å². The van der Waals surface area contributed by atoms with E-state index in [4.69, 9.17) is 11.6 Å². The van der Waals surface area contributed by atoms with Crippen molar-refractivity contribution in [3.05, 3.63) is 74.8 Å². The standard InChI is InChI=1S/C15H12ClN3O3/c16-10-3-1-9(2-4-10)13-8-14(18-17-13)12-7-11(19(21)22)5-6-15(12)20/h1-8,13,17-18,20H. The van der Waals surface area contributed by atoms with E-state index in [2.05, 4.69) is 10.9 Å². The molecule has 3 N–H and O–H groups in total. The van der Waals surface area contributed by atoms with Gasteiger partial charge in [-0.2, -0.15) is 0 Å². The van der Waals surface area contributed by atoms with Crippen LogP contribution >= 0.6 is 11.6 Å². The first-order valence-electron chi connectivity index (χ1n) is 6.51. The lowest BCUT2D eigenvalue weighted by molar-refractivity contribution is -0.384. The maximum atomic E-state index is 10.9. The van der Waals surface area contributed by atoms with Gasteiger partial charge in [-0.1, -0.05) is 23.7 Å². The van der Waals surface area contributed by atoms with Gasteiger partial charge in [0.1, 0.15) is 5.75 Å². The summed E-state index contributed by atoms with van der Waals surface area (Å²) in [6.45, 7) is 0. The molecule has 1 aliphatic rings. The normalized spacial score (nSPS) is 17.0. The number of nitrogens with zero attached hydrogens (tertiary/aromatic N) is 1. The number of phenols is 1. The van der Waals surface area contributed by atoms with Crippen molar-refractivity contribution in [1.29, 1.82) is 0 Å². The maximum absolute atomic E-state index is 10.9. The van der Waals surface area contributed by atoms with Gasteiger partial charge in [0.25, 0.3) is 5.69 Å². The van der Waals surface area contributed by atoms with Crippen LogP contribution in [0.2, 0.25) is 5.02 Å². The number of rotatable bonds is 3. The summed E-state index contributed by atoms with van der Waals surface area (Å²) in [4.78, 5) is 10.4. The van der Waals surface area contributed by atoms with Gasteiger partial charge in [-0.05, 0) is 29.8 Å². The number of non-ortho nitro benzene ring substituents is 1. The fourth-order valence-corrected chi connectivity index (χ4v) is 2.39. The zero-order valence-electron chi connectivity index (χ0n) is 11.3. The minimum Gasteiger partial charge on any atom is -0.507 e. The summed E-state index contributed by atoms with van der Waals surface area (Å²) < 4.78 is 0. The largest absolute Gasteiger partial charge is 0.507 e. The van der Waals surface area contributed by atoms with Crippen molar-refractivity contribution in [2.45, 2.75) is 6.04 Å². The van der Waals surface area contributed by atoms with E-state index < -0.39 is 4.92 Å². The van der Waals surface area contributed by atoms with E-state index in [1.807, 2.05) is 18.2 Å². The van der Waals surface area contributed by atoms with E-state index in [-0.39, 0.29) is 17.5 Å². The van der Waals surface area contributed by atoms with Crippen molar-refractivity contribution in [3.63, 3.8) is 0 Å². The van der Waals surface area contributed by atoms with Gasteiger partial charge >= 0.3 is 0 Å². The third-order valence-electron chi connectivity index (χ3n) is 3.41. The second kappa shape index (κ2) is 5.67. The lowest BCUT2D eigenvalue weighted by atomic mass is 10.0. The molecule has 0 aliphatic carbocycles. The Balaban J connectivity index is 1.93. The SMILES string of the molecule is O=[N+]([O-])c1ccc(O)c(C2=CC(c3ccc(Cl)cc3)NN2)c1. The second-order valence-corrected chi connectivity index (χ2v) is 5.27. The third-order valence-corrected chi connectivity index (χ3v) is 3.66. The molecular weight excluding hydrogens is 306 g/mol. The molecular formula is C15H12ClN3O3. The molecule has 0 amide bonds. The molecule has 1 heterocycles. The molecule has 112 valence electrons. The molecule has 0 fully saturated rings. The molecule has 1 unspecified atom stereocenters. The summed E-state index contributed by atoms with van der Waals surface area (Å²) in [7, 11) is 0. The summed E-state index contributed by atoms with van der Waals surface area (Å²) >= 11 is 5.86. The maximum Gasteiger partial charge on any atom is 0.270 e. The van der Waals surface area contributed by atoms with Crippen LogP contribution in [0.1, 0.15) is 17.2 Å². The van der Waals surface area contributed by atoms with Crippen molar-refractivity contribution in [2.24, 2.45) is 0 Å². The predicted octanol–water partition coefficient (Wildman–Crippen LogP) is 3.14. The molecule has 0 radical (unpaired) electrons. The summed E-state index contributed by atoms with van der Waals surface area (Å²) in [5.41, 5.74) is 7.85. The molecule has 0 aromatic heterocycles. The van der Waals surface area contributed by atoms with E-state index in [9.17, 15) is 15.2 Å². The summed E-state index contributed by atoms with van der Waals surface area (Å²) in [5, 5.41) is 21.4. The van der Waals surface area contributed by atoms with Gasteiger partial charge in [0.2, 0.25) is 0 Å². The second-order valence-electron chi connectivity index (χ2n) is 4.84. The molecule has 0 bridgehead atoms. The average Bonchev–Trinajstić information content (AvgIpc) is 2.98. The first-order valence-corrected chi connectivity index (χ1v) is 6.89. The van der Waals surface area contributed by atoms with Gasteiger partial charge in [0, 0.05) is 22.7 Å². The van der Waals surface area contributed by atoms with Crippen molar-refractivity contribution in [3.8, 4) is 5.75 Å². The van der Waals surface area contributed by atoms with Crippen LogP contribution in [-0.2, 0) is 0 Å². The highest BCUT2D eigenvalue weighted by molar-refractivity contribution is 6.30. The minimum atomic E-state index is -0.497. The monoisotopic (exact) mass is 317 g/mol. The van der Waals surface area contributed by atoms with Gasteiger partial charge in [-0.15, -0.1) is 0 Å². The molecule has 2 aromatic rings. The van der Waals surface area contributed by atoms with E-state index >= 15 is 0 Å². The quantitative estimate of drug-likeness (QED) is 0.598. The summed E-state index contributed by atoms with van der Waals surface area (Å²) in [6, 6.07) is 11.1. The Kier molecular flexibility index (Phi) is 3.70. The van der Waals surface area contributed by atoms with Gasteiger partial charge in [-0.3, -0.25) is 10.1 Å². The molecule has 22 heavy (non-hydrogen) atoms. The van der Waals surface area contributed by atoms with Crippen molar-refractivity contribution >= 4 is 23.0 Å². The van der Waals surface area contributed by atoms with Crippen molar-refractivity contribution in [2.75, 3.05) is 0 Å². The summed E-state index contributed by atoms with van der Waals surface area (Å²) in [6.07, 6.45) is 1.85. The molecule has 3 rings (SSSR count). The Labute approximate surface area is 131 Å². The highest BCUT2D eigenvalue weighted by atomic mass is 35.5. The van der Waals surface area contributed by atoms with E-state index in [0.29, 0.717) is 16.3 Å². The van der Waals surface area contributed by atoms with Crippen LogP contribution in [0.3, 0.4) is 0 Å². The van der Waals surface area contributed by atoms with Crippen molar-refractivity contribution < 1.29 is 10.0 Å². The van der Waals surface area contributed by atoms with E-state index in [0.717, 1.165) is 5.56 Å². The smallest absolute Gasteiger partial charge is 0.270 e. The molecule has 0 saturated heterocycles. The number of hydrogen-bond donors (Lipinski definition) is 3. The predicted molar refractivity (Wildman–Crippen MR) is 83.2 cm³/mol. The number of nitrogens with one attached hydrogen (secondary N) is 2. The average molecular weight is 318 g/mol. The van der Waals surface area contributed by atoms with Crippen molar-refractivity contribution in [1.82, 2.24) is 10.9 Å². The van der Waals surface area contributed by atoms with Gasteiger partial charge in [0.05, 0.1) is 16.7 Å². The van der Waals surface area contributed by atoms with E-state index in [1.54, 1.807) is 12.1 Å². The Morgan fingerprint density at radius 3 is 2.59 bits per heavy atom. The van der Waals surface area contributed by atoms with E-state index in [1.165, 1.54) is 18.2 Å². The third kappa shape index (κ3) is 2.74. The Hall–Kier alpha value is -2.57. The Morgan fingerprint density at radius 1 is 1.18 bits per heavy atom. The molecule has 6 nitrogen and oxygen atoms in total. The number of phenolic OH excluding ortho intramolecular Hbond substituents is 1. The highest BCUT2D eigenvalue weighted by Gasteiger charge is 2.21. The number of nitro benzene ring substituents is 1. The zero-order chi connectivity index (χ0) is 15.7. The molecule has 1 atom stereocenters. The highest BCUT2D eigenvalue weighted by Crippen LogP contribution is 2.32. The first kappa shape index (κ1) is 14.4. The lowest BCUT2D eigenvalue weighted by Gasteiger charge is -2.09. The Morgan fingerprint density at radius 2 is 1.91 bits per heavy atom. The molecule has 7 heteroatoms. The van der Waals surface area contributed by atoms with Gasteiger partial charge in [0.15, 0.2) is 0 Å². The molecule has 0 spiro atoms. The minimum absolute atomic E-state index is 0.0251. The van der Waals surface area contributed by atoms with Crippen LogP contribution in [0.5, 0.6) is 5.75 Å². The fourth-order valence-electron chi connectivity index (χ4n) is 2.27. The van der Waals surface area contributed by atoms with Crippen LogP contribution in [0.25, 0.3) is 5.70 Å². The molecule has 1 aliphatic heterocycles.